The van der Waals surface area contributed by atoms with E-state index in [0.29, 0.717) is 6.41 Å². The fourth-order valence-electron chi connectivity index (χ4n) is 1.81. The molecule has 0 radical (unpaired) electrons. The Bertz CT molecular complexity index is 682. The van der Waals surface area contributed by atoms with Gasteiger partial charge in [-0.3, -0.25) is 9.78 Å². The van der Waals surface area contributed by atoms with Crippen LogP contribution in [0.4, 0.5) is 5.69 Å². The first-order valence-electron chi connectivity index (χ1n) is 7.75. The summed E-state index contributed by atoms with van der Waals surface area (Å²) in [7, 11) is 0. The summed E-state index contributed by atoms with van der Waals surface area (Å²) >= 11 is 0. The zero-order valence-electron chi connectivity index (χ0n) is 14.2. The largest absolute Gasteiger partial charge is 0.329 e. The third kappa shape index (κ3) is 6.36. The van der Waals surface area contributed by atoms with E-state index in [2.05, 4.69) is 20.5 Å². The summed E-state index contributed by atoms with van der Waals surface area (Å²) in [4.78, 5) is 14.2. The Morgan fingerprint density at radius 1 is 1.00 bits per heavy atom. The first kappa shape index (κ1) is 19.0. The van der Waals surface area contributed by atoms with Crippen molar-refractivity contribution in [3.05, 3.63) is 72.7 Å². The second-order valence-corrected chi connectivity index (χ2v) is 4.43. The molecule has 0 aliphatic heterocycles. The third-order valence-corrected chi connectivity index (χ3v) is 2.88. The first-order valence-corrected chi connectivity index (χ1v) is 7.75. The summed E-state index contributed by atoms with van der Waals surface area (Å²) in [6, 6.07) is 15.1. The van der Waals surface area contributed by atoms with Crippen molar-refractivity contribution < 1.29 is 6.22 Å². The maximum Gasteiger partial charge on any atom is 0.211 e. The summed E-state index contributed by atoms with van der Waals surface area (Å²) in [5.74, 6) is 0. The molecule has 0 unspecified atom stereocenters. The highest BCUT2D eigenvalue weighted by Crippen LogP contribution is 2.24. The standard InChI is InChI=1S/C12H11N3O.C5H5N.C2H6.H2/c1-9-4-5-10(13-8-16)7-11(9)12-3-2-6-14-15-12;1-2-4-6-5-3-1;1-2;/h2-8H,1H3,(H,13,16);1-5H;1-2H3;1H. The van der Waals surface area contributed by atoms with Gasteiger partial charge in [0.1, 0.15) is 0 Å². The SMILES string of the molecule is CC.Cc1ccc(NC=O)cc1-c1cccnn1.[HH].c1ccncc1. The number of hydrogen-bond donors (Lipinski definition) is 1. The van der Waals surface area contributed by atoms with Gasteiger partial charge in [0.15, 0.2) is 0 Å². The highest BCUT2D eigenvalue weighted by Gasteiger charge is 2.04. The summed E-state index contributed by atoms with van der Waals surface area (Å²) in [6.07, 6.45) is 5.79. The third-order valence-electron chi connectivity index (χ3n) is 2.88. The topological polar surface area (TPSA) is 67.8 Å². The molecule has 5 heteroatoms. The van der Waals surface area contributed by atoms with Crippen LogP contribution in [0.3, 0.4) is 0 Å². The molecule has 0 fully saturated rings. The minimum Gasteiger partial charge on any atom is -0.329 e. The molecule has 24 heavy (non-hydrogen) atoms. The van der Waals surface area contributed by atoms with Gasteiger partial charge in [-0.15, -0.1) is 0 Å². The predicted molar refractivity (Wildman–Crippen MR) is 99.6 cm³/mol. The number of nitrogens with zero attached hydrogens (tertiary/aromatic N) is 3. The molecule has 5 nitrogen and oxygen atoms in total. The minimum atomic E-state index is 0. The lowest BCUT2D eigenvalue weighted by Crippen LogP contribution is -1.95. The summed E-state index contributed by atoms with van der Waals surface area (Å²) in [5, 5.41) is 10.5. The van der Waals surface area contributed by atoms with E-state index in [1.165, 1.54) is 0 Å². The lowest BCUT2D eigenvalue weighted by atomic mass is 10.0. The van der Waals surface area contributed by atoms with Gasteiger partial charge in [-0.1, -0.05) is 26.0 Å². The first-order chi connectivity index (χ1) is 11.8. The number of nitrogens with one attached hydrogen (secondary N) is 1. The quantitative estimate of drug-likeness (QED) is 0.726. The number of anilines is 1. The van der Waals surface area contributed by atoms with E-state index in [0.717, 1.165) is 22.5 Å². The summed E-state index contributed by atoms with van der Waals surface area (Å²) in [6.45, 7) is 5.99. The molecular formula is C19H24N4O. The van der Waals surface area contributed by atoms with Crippen LogP contribution in [-0.2, 0) is 4.79 Å². The van der Waals surface area contributed by atoms with Gasteiger partial charge in [0.05, 0.1) is 5.69 Å². The Morgan fingerprint density at radius 2 is 1.75 bits per heavy atom. The normalized spacial score (nSPS) is 8.79. The number of benzene rings is 1. The number of amides is 1. The van der Waals surface area contributed by atoms with E-state index in [4.69, 9.17) is 0 Å². The van der Waals surface area contributed by atoms with Crippen LogP contribution in [0.25, 0.3) is 11.3 Å². The van der Waals surface area contributed by atoms with Crippen molar-refractivity contribution in [2.24, 2.45) is 0 Å². The molecule has 0 bridgehead atoms. The van der Waals surface area contributed by atoms with E-state index in [-0.39, 0.29) is 1.43 Å². The number of aromatic nitrogens is 3. The second kappa shape index (κ2) is 11.5. The van der Waals surface area contributed by atoms with E-state index in [1.54, 1.807) is 18.6 Å². The Morgan fingerprint density at radius 3 is 2.25 bits per heavy atom. The van der Waals surface area contributed by atoms with E-state index in [1.807, 2.05) is 69.3 Å². The molecule has 2 heterocycles. The number of carbonyl (C=O) groups excluding carboxylic acids is 1. The van der Waals surface area contributed by atoms with Gasteiger partial charge in [-0.05, 0) is 48.9 Å². The smallest absolute Gasteiger partial charge is 0.211 e. The molecule has 1 amide bonds. The number of carbonyl (C=O) groups is 1. The molecule has 3 rings (SSSR count). The minimum absolute atomic E-state index is 0. The molecule has 0 atom stereocenters. The monoisotopic (exact) mass is 324 g/mol. The zero-order valence-corrected chi connectivity index (χ0v) is 14.2. The average Bonchev–Trinajstić information content (AvgIpc) is 2.68. The van der Waals surface area contributed by atoms with Crippen LogP contribution in [0.1, 0.15) is 20.8 Å². The van der Waals surface area contributed by atoms with Gasteiger partial charge >= 0.3 is 0 Å². The van der Waals surface area contributed by atoms with Crippen LogP contribution in [-0.4, -0.2) is 21.6 Å². The molecule has 3 aromatic rings. The van der Waals surface area contributed by atoms with Crippen LogP contribution in [0, 0.1) is 6.92 Å². The molecule has 126 valence electrons. The number of aryl methyl sites for hydroxylation is 1. The summed E-state index contributed by atoms with van der Waals surface area (Å²) < 4.78 is 0. The van der Waals surface area contributed by atoms with E-state index < -0.39 is 0 Å². The Balaban J connectivity index is 0.000000540. The van der Waals surface area contributed by atoms with Crippen molar-refractivity contribution >= 4 is 12.1 Å². The lowest BCUT2D eigenvalue weighted by molar-refractivity contribution is -0.105. The van der Waals surface area contributed by atoms with Crippen LogP contribution in [0.15, 0.2) is 67.1 Å². The van der Waals surface area contributed by atoms with Crippen molar-refractivity contribution in [2.45, 2.75) is 20.8 Å². The second-order valence-electron chi connectivity index (χ2n) is 4.43. The number of hydrogen-bond acceptors (Lipinski definition) is 4. The van der Waals surface area contributed by atoms with Crippen molar-refractivity contribution in [2.75, 3.05) is 5.32 Å². The fraction of sp³-hybridized carbons (Fsp3) is 0.158. The molecule has 0 saturated heterocycles. The van der Waals surface area contributed by atoms with Gasteiger partial charge in [0, 0.05) is 31.3 Å². The van der Waals surface area contributed by atoms with Gasteiger partial charge in [0.25, 0.3) is 0 Å². The maximum absolute atomic E-state index is 10.4. The van der Waals surface area contributed by atoms with Gasteiger partial charge in [-0.2, -0.15) is 10.2 Å². The summed E-state index contributed by atoms with van der Waals surface area (Å²) in [5.41, 5.74) is 3.62. The number of rotatable bonds is 3. The molecule has 2 aromatic heterocycles. The fourth-order valence-corrected chi connectivity index (χ4v) is 1.81. The molecule has 1 aromatic carbocycles. The molecule has 0 aliphatic carbocycles. The highest BCUT2D eigenvalue weighted by molar-refractivity contribution is 5.76. The van der Waals surface area contributed by atoms with Crippen molar-refractivity contribution in [3.63, 3.8) is 0 Å². The van der Waals surface area contributed by atoms with Crippen LogP contribution < -0.4 is 5.32 Å². The van der Waals surface area contributed by atoms with Crippen molar-refractivity contribution in [3.8, 4) is 11.3 Å². The Hall–Kier alpha value is -3.08. The van der Waals surface area contributed by atoms with Gasteiger partial charge in [0.2, 0.25) is 6.41 Å². The Kier molecular flexibility index (Phi) is 9.07. The van der Waals surface area contributed by atoms with Crippen molar-refractivity contribution in [1.82, 2.24) is 15.2 Å². The molecule has 0 saturated carbocycles. The molecular weight excluding hydrogens is 300 g/mol. The van der Waals surface area contributed by atoms with Crippen LogP contribution in [0.5, 0.6) is 0 Å². The van der Waals surface area contributed by atoms with Gasteiger partial charge in [-0.25, -0.2) is 0 Å². The van der Waals surface area contributed by atoms with Crippen LogP contribution in [0.2, 0.25) is 0 Å². The van der Waals surface area contributed by atoms with Crippen LogP contribution >= 0.6 is 0 Å². The lowest BCUT2D eigenvalue weighted by Gasteiger charge is -2.06. The average molecular weight is 324 g/mol. The van der Waals surface area contributed by atoms with Gasteiger partial charge < -0.3 is 5.32 Å². The Labute approximate surface area is 144 Å². The van der Waals surface area contributed by atoms with E-state index >= 15 is 0 Å². The predicted octanol–water partition coefficient (Wildman–Crippen LogP) is 4.37. The maximum atomic E-state index is 10.4. The van der Waals surface area contributed by atoms with Crippen molar-refractivity contribution in [1.29, 1.82) is 0 Å². The molecule has 0 spiro atoms. The molecule has 1 N–H and O–H groups in total. The van der Waals surface area contributed by atoms with E-state index in [9.17, 15) is 4.79 Å². The highest BCUT2D eigenvalue weighted by atomic mass is 16.1. The number of pyridine rings is 1. The molecule has 0 aliphatic rings. The zero-order chi connectivity index (χ0) is 17.6.